The minimum absolute atomic E-state index is 0. The van der Waals surface area contributed by atoms with E-state index in [0.29, 0.717) is 5.92 Å². The zero-order valence-electron chi connectivity index (χ0n) is 24.2. The highest BCUT2D eigenvalue weighted by atomic mass is 16.0. The Hall–Kier alpha value is -1.64. The van der Waals surface area contributed by atoms with E-state index >= 15 is 0 Å². The van der Waals surface area contributed by atoms with E-state index in [-0.39, 0.29) is 10.9 Å². The SMILES string of the molecule is CCC(CCCCCC(CC)c1ccccc1)CC(C)c1ccc(C(C)(C)C[N+](C)(C)C)cc1.[OH-]. The van der Waals surface area contributed by atoms with Crippen LogP contribution in [0.2, 0.25) is 0 Å². The number of nitrogens with zero attached hydrogens (tertiary/aromatic N) is 1. The summed E-state index contributed by atoms with van der Waals surface area (Å²) in [6, 6.07) is 20.7. The highest BCUT2D eigenvalue weighted by Crippen LogP contribution is 2.32. The highest BCUT2D eigenvalue weighted by molar-refractivity contribution is 5.30. The predicted octanol–water partition coefficient (Wildman–Crippen LogP) is 9.16. The van der Waals surface area contributed by atoms with E-state index in [2.05, 4.69) is 110 Å². The molecular formula is C33H55NO. The lowest BCUT2D eigenvalue weighted by Gasteiger charge is -2.34. The molecule has 3 atom stereocenters. The minimum atomic E-state index is 0. The molecular weight excluding hydrogens is 426 g/mol. The van der Waals surface area contributed by atoms with Crippen molar-refractivity contribution in [3.63, 3.8) is 0 Å². The molecule has 0 aliphatic carbocycles. The van der Waals surface area contributed by atoms with Gasteiger partial charge in [-0.3, -0.25) is 0 Å². The van der Waals surface area contributed by atoms with Crippen LogP contribution in [0.1, 0.15) is 115 Å². The Morgan fingerprint density at radius 1 is 0.743 bits per heavy atom. The topological polar surface area (TPSA) is 30.0 Å². The lowest BCUT2D eigenvalue weighted by Crippen LogP contribution is -2.44. The Labute approximate surface area is 218 Å². The molecule has 0 fully saturated rings. The number of rotatable bonds is 15. The molecule has 2 aromatic carbocycles. The first-order chi connectivity index (χ1) is 16.1. The summed E-state index contributed by atoms with van der Waals surface area (Å²) in [6.45, 7) is 13.1. The number of hydrogen-bond donors (Lipinski definition) is 0. The van der Waals surface area contributed by atoms with Crippen molar-refractivity contribution in [2.45, 2.75) is 103 Å². The Bertz CT molecular complexity index is 803. The lowest BCUT2D eigenvalue weighted by atomic mass is 9.81. The summed E-state index contributed by atoms with van der Waals surface area (Å²) in [5.41, 5.74) is 4.70. The maximum atomic E-state index is 2.43. The number of quaternary nitrogens is 1. The summed E-state index contributed by atoms with van der Waals surface area (Å²) in [7, 11) is 6.86. The molecule has 0 bridgehead atoms. The molecule has 35 heavy (non-hydrogen) atoms. The summed E-state index contributed by atoms with van der Waals surface area (Å²) in [6.07, 6.45) is 10.7. The molecule has 2 heteroatoms. The number of unbranched alkanes of at least 4 members (excludes halogenated alkanes) is 2. The first-order valence-electron chi connectivity index (χ1n) is 14.0. The van der Waals surface area contributed by atoms with Gasteiger partial charge in [-0.1, -0.05) is 121 Å². The second-order valence-electron chi connectivity index (χ2n) is 12.5. The van der Waals surface area contributed by atoms with E-state index in [1.807, 2.05) is 0 Å². The van der Waals surface area contributed by atoms with Crippen LogP contribution >= 0.6 is 0 Å². The average molecular weight is 482 g/mol. The van der Waals surface area contributed by atoms with Crippen molar-refractivity contribution in [2.24, 2.45) is 5.92 Å². The van der Waals surface area contributed by atoms with Crippen LogP contribution in [0.4, 0.5) is 0 Å². The molecule has 3 unspecified atom stereocenters. The van der Waals surface area contributed by atoms with Crippen LogP contribution in [-0.2, 0) is 5.41 Å². The second-order valence-corrected chi connectivity index (χ2v) is 12.5. The lowest BCUT2D eigenvalue weighted by molar-refractivity contribution is -0.874. The van der Waals surface area contributed by atoms with Crippen LogP contribution in [0.5, 0.6) is 0 Å². The van der Waals surface area contributed by atoms with Crippen molar-refractivity contribution in [3.8, 4) is 0 Å². The number of likely N-dealkylation sites (N-methyl/N-ethyl adjacent to an activating group) is 1. The Kier molecular flexibility index (Phi) is 13.3. The van der Waals surface area contributed by atoms with E-state index in [9.17, 15) is 0 Å². The standard InChI is InChI=1S/C33H54N.H2O/c1-9-28(17-13-11-14-18-29(10-2)31-19-15-12-16-20-31)25-27(3)30-21-23-32(24-22-30)33(4,5)26-34(6,7)8;/h12,15-16,19-24,27-29H,9-11,13-14,17-18,25-26H2,1-8H3;1H2/q+1;/p-1. The van der Waals surface area contributed by atoms with Gasteiger partial charge in [0.05, 0.1) is 27.7 Å². The first kappa shape index (κ1) is 31.4. The van der Waals surface area contributed by atoms with Crippen LogP contribution in [-0.4, -0.2) is 37.6 Å². The normalized spacial score (nSPS) is 14.7. The third kappa shape index (κ3) is 10.9. The zero-order chi connectivity index (χ0) is 25.2. The average Bonchev–Trinajstić information content (AvgIpc) is 2.79. The van der Waals surface area contributed by atoms with Gasteiger partial charge in [0.25, 0.3) is 0 Å². The molecule has 2 rings (SSSR count). The van der Waals surface area contributed by atoms with Gasteiger partial charge in [0.2, 0.25) is 0 Å². The molecule has 0 aliphatic rings. The maximum Gasteiger partial charge on any atom is 0.0873 e. The third-order valence-electron chi connectivity index (χ3n) is 7.82. The summed E-state index contributed by atoms with van der Waals surface area (Å²) < 4.78 is 0.995. The predicted molar refractivity (Wildman–Crippen MR) is 154 cm³/mol. The van der Waals surface area contributed by atoms with Gasteiger partial charge in [0, 0.05) is 5.41 Å². The van der Waals surface area contributed by atoms with Gasteiger partial charge < -0.3 is 9.96 Å². The van der Waals surface area contributed by atoms with Crippen molar-refractivity contribution in [1.82, 2.24) is 0 Å². The summed E-state index contributed by atoms with van der Waals surface area (Å²) >= 11 is 0. The van der Waals surface area contributed by atoms with E-state index in [1.54, 1.807) is 0 Å². The van der Waals surface area contributed by atoms with Gasteiger partial charge in [0.15, 0.2) is 0 Å². The monoisotopic (exact) mass is 481 g/mol. The molecule has 0 aromatic heterocycles. The Balaban J connectivity index is 0.00000612. The molecule has 0 saturated carbocycles. The molecule has 198 valence electrons. The van der Waals surface area contributed by atoms with Crippen molar-refractivity contribution in [2.75, 3.05) is 27.7 Å². The Morgan fingerprint density at radius 3 is 1.89 bits per heavy atom. The zero-order valence-corrected chi connectivity index (χ0v) is 24.2. The van der Waals surface area contributed by atoms with Crippen molar-refractivity contribution in [1.29, 1.82) is 0 Å². The van der Waals surface area contributed by atoms with Crippen LogP contribution in [0, 0.1) is 5.92 Å². The fraction of sp³-hybridized carbons (Fsp3) is 0.636. The van der Waals surface area contributed by atoms with Gasteiger partial charge >= 0.3 is 0 Å². The fourth-order valence-electron chi connectivity index (χ4n) is 6.00. The van der Waals surface area contributed by atoms with Gasteiger partial charge in [0.1, 0.15) is 0 Å². The van der Waals surface area contributed by atoms with Crippen molar-refractivity contribution >= 4 is 0 Å². The Morgan fingerprint density at radius 2 is 1.34 bits per heavy atom. The van der Waals surface area contributed by atoms with Crippen LogP contribution < -0.4 is 0 Å². The van der Waals surface area contributed by atoms with Crippen LogP contribution in [0.3, 0.4) is 0 Å². The minimum Gasteiger partial charge on any atom is -0.870 e. The van der Waals surface area contributed by atoms with Gasteiger partial charge in [-0.2, -0.15) is 0 Å². The second kappa shape index (κ2) is 14.8. The molecule has 0 spiro atoms. The van der Waals surface area contributed by atoms with Crippen molar-refractivity contribution in [3.05, 3.63) is 71.3 Å². The molecule has 0 amide bonds. The molecule has 1 N–H and O–H groups in total. The van der Waals surface area contributed by atoms with Gasteiger partial charge in [-0.25, -0.2) is 0 Å². The van der Waals surface area contributed by atoms with E-state index in [1.165, 1.54) is 68.1 Å². The van der Waals surface area contributed by atoms with Gasteiger partial charge in [-0.05, 0) is 53.7 Å². The molecule has 2 nitrogen and oxygen atoms in total. The van der Waals surface area contributed by atoms with E-state index in [0.717, 1.165) is 22.9 Å². The summed E-state index contributed by atoms with van der Waals surface area (Å²) in [5.74, 6) is 2.22. The molecule has 0 heterocycles. The van der Waals surface area contributed by atoms with Crippen molar-refractivity contribution < 1.29 is 9.96 Å². The van der Waals surface area contributed by atoms with Crippen LogP contribution in [0.25, 0.3) is 0 Å². The molecule has 0 aliphatic heterocycles. The molecule has 0 saturated heterocycles. The first-order valence-corrected chi connectivity index (χ1v) is 14.0. The van der Waals surface area contributed by atoms with E-state index in [4.69, 9.17) is 0 Å². The third-order valence-corrected chi connectivity index (χ3v) is 7.82. The number of hydrogen-bond acceptors (Lipinski definition) is 1. The molecule has 2 aromatic rings. The summed E-state index contributed by atoms with van der Waals surface area (Å²) in [4.78, 5) is 0. The maximum absolute atomic E-state index is 2.43. The summed E-state index contributed by atoms with van der Waals surface area (Å²) in [5, 5.41) is 0. The highest BCUT2D eigenvalue weighted by Gasteiger charge is 2.28. The van der Waals surface area contributed by atoms with Crippen LogP contribution in [0.15, 0.2) is 54.6 Å². The quantitative estimate of drug-likeness (QED) is 0.184. The van der Waals surface area contributed by atoms with E-state index < -0.39 is 0 Å². The molecule has 0 radical (unpaired) electrons. The number of benzene rings is 2. The fourth-order valence-corrected chi connectivity index (χ4v) is 6.00. The smallest absolute Gasteiger partial charge is 0.0873 e. The van der Waals surface area contributed by atoms with Gasteiger partial charge in [-0.15, -0.1) is 0 Å². The largest absolute Gasteiger partial charge is 0.870 e.